The molecule has 0 spiro atoms. The molecule has 3 heterocycles. The van der Waals surface area contributed by atoms with Gasteiger partial charge in [-0.3, -0.25) is 4.79 Å². The number of aromatic nitrogens is 4. The molecule has 0 aromatic carbocycles. The van der Waals surface area contributed by atoms with Gasteiger partial charge in [0.25, 0.3) is 5.56 Å². The van der Waals surface area contributed by atoms with Crippen molar-refractivity contribution < 1.29 is 0 Å². The van der Waals surface area contributed by atoms with E-state index in [-0.39, 0.29) is 11.6 Å². The Bertz CT molecular complexity index is 888. The summed E-state index contributed by atoms with van der Waals surface area (Å²) in [5.74, 6) is 1.67. The van der Waals surface area contributed by atoms with Crippen molar-refractivity contribution in [3.8, 4) is 0 Å². The fourth-order valence-corrected chi connectivity index (χ4v) is 4.62. The molecule has 0 amide bonds. The van der Waals surface area contributed by atoms with Crippen LogP contribution in [0.1, 0.15) is 67.8 Å². The molecule has 27 heavy (non-hydrogen) atoms. The van der Waals surface area contributed by atoms with Crippen LogP contribution in [0.3, 0.4) is 0 Å². The summed E-state index contributed by atoms with van der Waals surface area (Å²) in [4.78, 5) is 24.1. The maximum absolute atomic E-state index is 12.4. The van der Waals surface area contributed by atoms with Gasteiger partial charge in [-0.2, -0.15) is 5.10 Å². The summed E-state index contributed by atoms with van der Waals surface area (Å²) in [6.07, 6.45) is 12.2. The van der Waals surface area contributed by atoms with E-state index in [0.29, 0.717) is 12.5 Å². The second-order valence-electron chi connectivity index (χ2n) is 8.23. The van der Waals surface area contributed by atoms with Gasteiger partial charge in [0.15, 0.2) is 0 Å². The van der Waals surface area contributed by atoms with E-state index in [4.69, 9.17) is 4.98 Å². The van der Waals surface area contributed by atoms with Crippen molar-refractivity contribution in [2.24, 2.45) is 0 Å². The van der Waals surface area contributed by atoms with Crippen LogP contribution in [0.15, 0.2) is 23.3 Å². The Balaban J connectivity index is 1.43. The predicted molar refractivity (Wildman–Crippen MR) is 104 cm³/mol. The number of rotatable bonds is 4. The van der Waals surface area contributed by atoms with Gasteiger partial charge in [0.1, 0.15) is 12.1 Å². The standard InChI is InChI=1S/C21H27N5O/c27-20-11-10-18(15-8-9-15)24-26(20)13-16-5-4-12-25(16)21-17-6-2-1-3-7-19(17)22-14-23-21/h10-11,14-16H,1-9,12-13H2. The molecule has 1 unspecified atom stereocenters. The van der Waals surface area contributed by atoms with E-state index in [9.17, 15) is 4.79 Å². The van der Waals surface area contributed by atoms with Gasteiger partial charge in [-0.05, 0) is 57.4 Å². The van der Waals surface area contributed by atoms with E-state index in [2.05, 4.69) is 15.0 Å². The molecule has 0 radical (unpaired) electrons. The lowest BCUT2D eigenvalue weighted by molar-refractivity contribution is 0.480. The highest BCUT2D eigenvalue weighted by Crippen LogP contribution is 2.38. The van der Waals surface area contributed by atoms with Crippen LogP contribution in [0.4, 0.5) is 5.82 Å². The van der Waals surface area contributed by atoms with Gasteiger partial charge in [-0.15, -0.1) is 0 Å². The smallest absolute Gasteiger partial charge is 0.266 e. The van der Waals surface area contributed by atoms with Crippen LogP contribution >= 0.6 is 0 Å². The third-order valence-electron chi connectivity index (χ3n) is 6.27. The van der Waals surface area contributed by atoms with Crippen LogP contribution in [0, 0.1) is 0 Å². The topological polar surface area (TPSA) is 63.9 Å². The number of anilines is 1. The molecular weight excluding hydrogens is 338 g/mol. The van der Waals surface area contributed by atoms with Gasteiger partial charge in [0, 0.05) is 29.8 Å². The molecule has 2 aromatic rings. The van der Waals surface area contributed by atoms with Gasteiger partial charge >= 0.3 is 0 Å². The van der Waals surface area contributed by atoms with Gasteiger partial charge in [-0.1, -0.05) is 6.42 Å². The van der Waals surface area contributed by atoms with Crippen molar-refractivity contribution in [3.05, 3.63) is 45.8 Å². The molecule has 1 atom stereocenters. The minimum Gasteiger partial charge on any atom is -0.351 e. The SMILES string of the molecule is O=c1ccc(C2CC2)nn1CC1CCCN1c1ncnc2c1CCCCC2. The second kappa shape index (κ2) is 7.06. The molecule has 0 bridgehead atoms. The van der Waals surface area contributed by atoms with Crippen molar-refractivity contribution in [1.29, 1.82) is 0 Å². The average molecular weight is 365 g/mol. The molecule has 1 aliphatic heterocycles. The molecule has 3 aliphatic rings. The monoisotopic (exact) mass is 365 g/mol. The number of nitrogens with zero attached hydrogens (tertiary/aromatic N) is 5. The van der Waals surface area contributed by atoms with E-state index in [0.717, 1.165) is 43.7 Å². The van der Waals surface area contributed by atoms with Gasteiger partial charge in [0.2, 0.25) is 0 Å². The molecule has 1 saturated heterocycles. The highest BCUT2D eigenvalue weighted by molar-refractivity contribution is 5.51. The summed E-state index contributed by atoms with van der Waals surface area (Å²) in [6.45, 7) is 1.66. The predicted octanol–water partition coefficient (Wildman–Crippen LogP) is 2.85. The highest BCUT2D eigenvalue weighted by Gasteiger charge is 2.30. The zero-order valence-corrected chi connectivity index (χ0v) is 15.8. The summed E-state index contributed by atoms with van der Waals surface area (Å²) in [5, 5.41) is 4.67. The molecule has 142 valence electrons. The molecule has 1 saturated carbocycles. The first kappa shape index (κ1) is 16.9. The van der Waals surface area contributed by atoms with Crippen LogP contribution in [0.5, 0.6) is 0 Å². The zero-order valence-electron chi connectivity index (χ0n) is 15.8. The van der Waals surface area contributed by atoms with Crippen molar-refractivity contribution in [2.75, 3.05) is 11.4 Å². The van der Waals surface area contributed by atoms with Crippen LogP contribution in [0.2, 0.25) is 0 Å². The van der Waals surface area contributed by atoms with E-state index >= 15 is 0 Å². The van der Waals surface area contributed by atoms with Crippen molar-refractivity contribution in [3.63, 3.8) is 0 Å². The first-order valence-electron chi connectivity index (χ1n) is 10.5. The largest absolute Gasteiger partial charge is 0.351 e. The Hall–Kier alpha value is -2.24. The Kier molecular flexibility index (Phi) is 4.42. The van der Waals surface area contributed by atoms with E-state index in [1.54, 1.807) is 17.1 Å². The molecule has 6 nitrogen and oxygen atoms in total. The lowest BCUT2D eigenvalue weighted by atomic mass is 10.1. The summed E-state index contributed by atoms with van der Waals surface area (Å²) in [7, 11) is 0. The summed E-state index contributed by atoms with van der Waals surface area (Å²) < 4.78 is 1.69. The molecular formula is C21H27N5O. The van der Waals surface area contributed by atoms with Gasteiger partial charge in [-0.25, -0.2) is 14.6 Å². The average Bonchev–Trinajstić information content (AvgIpc) is 3.47. The fraction of sp³-hybridized carbons (Fsp3) is 0.619. The van der Waals surface area contributed by atoms with Crippen LogP contribution in [0.25, 0.3) is 0 Å². The van der Waals surface area contributed by atoms with E-state index in [1.165, 1.54) is 43.4 Å². The second-order valence-corrected chi connectivity index (χ2v) is 8.23. The number of fused-ring (bicyclic) bond motifs is 1. The Morgan fingerprint density at radius 3 is 2.78 bits per heavy atom. The van der Waals surface area contributed by atoms with Crippen molar-refractivity contribution in [2.45, 2.75) is 76.3 Å². The Morgan fingerprint density at radius 1 is 1.00 bits per heavy atom. The normalized spacial score (nSPS) is 22.5. The minimum atomic E-state index is 0.00719. The quantitative estimate of drug-likeness (QED) is 0.780. The summed E-state index contributed by atoms with van der Waals surface area (Å²) >= 11 is 0. The van der Waals surface area contributed by atoms with Crippen LogP contribution in [-0.2, 0) is 19.4 Å². The minimum absolute atomic E-state index is 0.00719. The first-order valence-corrected chi connectivity index (χ1v) is 10.5. The van der Waals surface area contributed by atoms with Crippen molar-refractivity contribution >= 4 is 5.82 Å². The molecule has 2 aliphatic carbocycles. The lowest BCUT2D eigenvalue weighted by Crippen LogP contribution is -2.38. The summed E-state index contributed by atoms with van der Waals surface area (Å²) in [6, 6.07) is 3.89. The molecule has 2 aromatic heterocycles. The molecule has 2 fully saturated rings. The van der Waals surface area contributed by atoms with Gasteiger partial charge < -0.3 is 4.90 Å². The number of aryl methyl sites for hydroxylation is 1. The van der Waals surface area contributed by atoms with E-state index < -0.39 is 0 Å². The Morgan fingerprint density at radius 2 is 1.89 bits per heavy atom. The zero-order chi connectivity index (χ0) is 18.2. The van der Waals surface area contributed by atoms with Crippen LogP contribution in [-0.4, -0.2) is 32.3 Å². The molecule has 5 rings (SSSR count). The number of hydrogen-bond donors (Lipinski definition) is 0. The third kappa shape index (κ3) is 3.37. The first-order chi connectivity index (χ1) is 13.3. The summed E-state index contributed by atoms with van der Waals surface area (Å²) in [5.41, 5.74) is 3.66. The number of hydrogen-bond acceptors (Lipinski definition) is 5. The highest BCUT2D eigenvalue weighted by atomic mass is 16.1. The molecule has 0 N–H and O–H groups in total. The maximum Gasteiger partial charge on any atom is 0.266 e. The Labute approximate surface area is 159 Å². The third-order valence-corrected chi connectivity index (χ3v) is 6.27. The van der Waals surface area contributed by atoms with Crippen LogP contribution < -0.4 is 10.5 Å². The van der Waals surface area contributed by atoms with E-state index in [1.807, 2.05) is 6.07 Å². The van der Waals surface area contributed by atoms with Crippen molar-refractivity contribution in [1.82, 2.24) is 19.7 Å². The van der Waals surface area contributed by atoms with Gasteiger partial charge in [0.05, 0.1) is 18.3 Å². The lowest BCUT2D eigenvalue weighted by Gasteiger charge is -2.28. The fourth-order valence-electron chi connectivity index (χ4n) is 4.62. The molecule has 6 heteroatoms. The maximum atomic E-state index is 12.4.